The Balaban J connectivity index is 2.18. The fourth-order valence-electron chi connectivity index (χ4n) is 2.42. The Labute approximate surface area is 157 Å². The molecule has 0 atom stereocenters. The Morgan fingerprint density at radius 2 is 1.60 bits per heavy atom. The van der Waals surface area contributed by atoms with Gasteiger partial charge in [0.1, 0.15) is 0 Å². The number of urea groups is 1. The van der Waals surface area contributed by atoms with Gasteiger partial charge in [0.05, 0.1) is 15.6 Å². The summed E-state index contributed by atoms with van der Waals surface area (Å²) in [6.07, 6.45) is 0. The van der Waals surface area contributed by atoms with Crippen molar-refractivity contribution < 1.29 is 9.59 Å². The summed E-state index contributed by atoms with van der Waals surface area (Å²) < 4.78 is 0. The maximum atomic E-state index is 12.5. The van der Waals surface area contributed by atoms with Crippen molar-refractivity contribution in [2.75, 3.05) is 11.4 Å². The first-order chi connectivity index (χ1) is 11.8. The van der Waals surface area contributed by atoms with Crippen LogP contribution in [0.15, 0.2) is 42.5 Å². The molecule has 0 fully saturated rings. The number of halogens is 2. The number of anilines is 1. The standard InChI is InChI=1S/C19H20Cl2N2O2/c1-4-23(14-10-8-13(9-11-14)12(2)3)19(25)22-18(24)17-15(20)6-5-7-16(17)21/h5-12H,4H2,1-3H3,(H,22,24,25). The van der Waals surface area contributed by atoms with Crippen molar-refractivity contribution in [3.05, 3.63) is 63.6 Å². The Morgan fingerprint density at radius 1 is 1.04 bits per heavy atom. The molecule has 2 rings (SSSR count). The van der Waals surface area contributed by atoms with Crippen molar-refractivity contribution in [1.82, 2.24) is 5.32 Å². The number of nitrogens with zero attached hydrogens (tertiary/aromatic N) is 1. The first-order valence-corrected chi connectivity index (χ1v) is 8.77. The summed E-state index contributed by atoms with van der Waals surface area (Å²) >= 11 is 12.0. The first kappa shape index (κ1) is 19.3. The van der Waals surface area contributed by atoms with Crippen LogP contribution in [0.5, 0.6) is 0 Å². The summed E-state index contributed by atoms with van der Waals surface area (Å²) in [5, 5.41) is 2.74. The molecule has 2 aromatic carbocycles. The summed E-state index contributed by atoms with van der Waals surface area (Å²) in [5.74, 6) is -0.222. The number of amides is 3. The lowest BCUT2D eigenvalue weighted by Gasteiger charge is -2.22. The minimum absolute atomic E-state index is 0.0883. The Bertz CT molecular complexity index is 753. The number of hydrogen-bond acceptors (Lipinski definition) is 2. The van der Waals surface area contributed by atoms with Crippen LogP contribution in [0.25, 0.3) is 0 Å². The molecule has 0 bridgehead atoms. The van der Waals surface area contributed by atoms with Gasteiger partial charge < -0.3 is 0 Å². The third kappa shape index (κ3) is 4.53. The summed E-state index contributed by atoms with van der Waals surface area (Å²) in [7, 11) is 0. The molecule has 0 spiro atoms. The largest absolute Gasteiger partial charge is 0.328 e. The van der Waals surface area contributed by atoms with E-state index in [1.807, 2.05) is 31.2 Å². The van der Waals surface area contributed by atoms with Gasteiger partial charge >= 0.3 is 6.03 Å². The Morgan fingerprint density at radius 3 is 2.08 bits per heavy atom. The fourth-order valence-corrected chi connectivity index (χ4v) is 2.99. The fraction of sp³-hybridized carbons (Fsp3) is 0.263. The highest BCUT2D eigenvalue weighted by atomic mass is 35.5. The molecule has 0 aliphatic rings. The maximum Gasteiger partial charge on any atom is 0.328 e. The smallest absolute Gasteiger partial charge is 0.294 e. The minimum atomic E-state index is -0.627. The number of rotatable bonds is 4. The number of carbonyl (C=O) groups is 2. The number of carbonyl (C=O) groups excluding carboxylic acids is 2. The number of nitrogens with one attached hydrogen (secondary N) is 1. The summed E-state index contributed by atoms with van der Waals surface area (Å²) in [5.41, 5.74) is 1.98. The minimum Gasteiger partial charge on any atom is -0.294 e. The van der Waals surface area contributed by atoms with Crippen LogP contribution in [0.2, 0.25) is 10.0 Å². The zero-order valence-corrected chi connectivity index (χ0v) is 15.9. The van der Waals surface area contributed by atoms with Gasteiger partial charge in [-0.3, -0.25) is 15.0 Å². The quantitative estimate of drug-likeness (QED) is 0.763. The molecular weight excluding hydrogens is 359 g/mol. The monoisotopic (exact) mass is 378 g/mol. The summed E-state index contributed by atoms with van der Waals surface area (Å²) in [4.78, 5) is 26.4. The van der Waals surface area contributed by atoms with Crippen molar-refractivity contribution in [1.29, 1.82) is 0 Å². The second kappa shape index (κ2) is 8.37. The highest BCUT2D eigenvalue weighted by molar-refractivity contribution is 6.40. The highest BCUT2D eigenvalue weighted by Gasteiger charge is 2.21. The zero-order valence-electron chi connectivity index (χ0n) is 14.3. The average molecular weight is 379 g/mol. The lowest BCUT2D eigenvalue weighted by Crippen LogP contribution is -2.43. The Kier molecular flexibility index (Phi) is 6.45. The van der Waals surface area contributed by atoms with Gasteiger partial charge in [-0.05, 0) is 42.7 Å². The summed E-state index contributed by atoms with van der Waals surface area (Å²) in [6, 6.07) is 11.9. The van der Waals surface area contributed by atoms with Crippen LogP contribution in [0.4, 0.5) is 10.5 Å². The molecule has 0 aromatic heterocycles. The molecule has 0 unspecified atom stereocenters. The van der Waals surface area contributed by atoms with Crippen LogP contribution in [0.3, 0.4) is 0 Å². The van der Waals surface area contributed by atoms with Crippen LogP contribution in [-0.4, -0.2) is 18.5 Å². The molecule has 132 valence electrons. The molecular formula is C19H20Cl2N2O2. The van der Waals surface area contributed by atoms with E-state index in [1.54, 1.807) is 18.2 Å². The van der Waals surface area contributed by atoms with Crippen molar-refractivity contribution in [3.63, 3.8) is 0 Å². The van der Waals surface area contributed by atoms with E-state index >= 15 is 0 Å². The predicted octanol–water partition coefficient (Wildman–Crippen LogP) is 5.49. The van der Waals surface area contributed by atoms with Crippen LogP contribution in [0.1, 0.15) is 42.6 Å². The molecule has 3 amide bonds. The van der Waals surface area contributed by atoms with E-state index in [-0.39, 0.29) is 15.6 Å². The molecule has 0 saturated heterocycles. The lowest BCUT2D eigenvalue weighted by molar-refractivity contribution is 0.0966. The number of benzene rings is 2. The molecule has 0 saturated carbocycles. The van der Waals surface area contributed by atoms with E-state index < -0.39 is 11.9 Å². The van der Waals surface area contributed by atoms with Crippen LogP contribution in [0, 0.1) is 0 Å². The van der Waals surface area contributed by atoms with Gasteiger partial charge in [0, 0.05) is 12.2 Å². The SMILES string of the molecule is CCN(C(=O)NC(=O)c1c(Cl)cccc1Cl)c1ccc(C(C)C)cc1. The lowest BCUT2D eigenvalue weighted by atomic mass is 10.0. The molecule has 25 heavy (non-hydrogen) atoms. The van der Waals surface area contributed by atoms with Crippen molar-refractivity contribution >= 4 is 40.8 Å². The maximum absolute atomic E-state index is 12.5. The van der Waals surface area contributed by atoms with E-state index in [9.17, 15) is 9.59 Å². The van der Waals surface area contributed by atoms with Gasteiger partial charge in [-0.25, -0.2) is 4.79 Å². The van der Waals surface area contributed by atoms with Crippen LogP contribution >= 0.6 is 23.2 Å². The second-order valence-corrected chi connectivity index (χ2v) is 6.66. The third-order valence-electron chi connectivity index (χ3n) is 3.84. The summed E-state index contributed by atoms with van der Waals surface area (Å²) in [6.45, 7) is 6.45. The van der Waals surface area contributed by atoms with Crippen LogP contribution in [-0.2, 0) is 0 Å². The van der Waals surface area contributed by atoms with E-state index in [1.165, 1.54) is 10.5 Å². The van der Waals surface area contributed by atoms with Crippen LogP contribution < -0.4 is 10.2 Å². The van der Waals surface area contributed by atoms with Gasteiger partial charge in [-0.1, -0.05) is 55.2 Å². The van der Waals surface area contributed by atoms with Gasteiger partial charge in [-0.15, -0.1) is 0 Å². The van der Waals surface area contributed by atoms with Gasteiger partial charge in [-0.2, -0.15) is 0 Å². The number of hydrogen-bond donors (Lipinski definition) is 1. The van der Waals surface area contributed by atoms with E-state index in [2.05, 4.69) is 19.2 Å². The predicted molar refractivity (Wildman–Crippen MR) is 103 cm³/mol. The molecule has 4 nitrogen and oxygen atoms in total. The second-order valence-electron chi connectivity index (χ2n) is 5.85. The highest BCUT2D eigenvalue weighted by Crippen LogP contribution is 2.24. The molecule has 2 aromatic rings. The molecule has 1 N–H and O–H groups in total. The van der Waals surface area contributed by atoms with Gasteiger partial charge in [0.25, 0.3) is 5.91 Å². The van der Waals surface area contributed by atoms with Gasteiger partial charge in [0.2, 0.25) is 0 Å². The first-order valence-electron chi connectivity index (χ1n) is 8.02. The van der Waals surface area contributed by atoms with Crippen molar-refractivity contribution in [3.8, 4) is 0 Å². The van der Waals surface area contributed by atoms with E-state index in [4.69, 9.17) is 23.2 Å². The molecule has 0 aliphatic carbocycles. The average Bonchev–Trinajstić information content (AvgIpc) is 2.55. The zero-order chi connectivity index (χ0) is 18.6. The topological polar surface area (TPSA) is 49.4 Å². The number of imide groups is 1. The third-order valence-corrected chi connectivity index (χ3v) is 4.47. The normalized spacial score (nSPS) is 10.6. The van der Waals surface area contributed by atoms with Crippen molar-refractivity contribution in [2.45, 2.75) is 26.7 Å². The molecule has 6 heteroatoms. The van der Waals surface area contributed by atoms with Gasteiger partial charge in [0.15, 0.2) is 0 Å². The van der Waals surface area contributed by atoms with Crippen molar-refractivity contribution in [2.24, 2.45) is 0 Å². The molecule has 0 radical (unpaired) electrons. The molecule has 0 aliphatic heterocycles. The molecule has 0 heterocycles. The van der Waals surface area contributed by atoms with E-state index in [0.717, 1.165) is 0 Å². The Hall–Kier alpha value is -2.04. The van der Waals surface area contributed by atoms with E-state index in [0.29, 0.717) is 18.2 Å².